The predicted octanol–water partition coefficient (Wildman–Crippen LogP) is 4.47. The average molecular weight is 359 g/mol. The van der Waals surface area contributed by atoms with Gasteiger partial charge in [-0.3, -0.25) is 4.79 Å². The smallest absolute Gasteiger partial charge is 0.281 e. The number of nitrogens with zero attached hydrogens (tertiary/aromatic N) is 2. The van der Waals surface area contributed by atoms with Crippen LogP contribution >= 0.6 is 0 Å². The zero-order valence-corrected chi connectivity index (χ0v) is 15.4. The number of rotatable bonds is 3. The van der Waals surface area contributed by atoms with Crippen molar-refractivity contribution in [3.63, 3.8) is 0 Å². The van der Waals surface area contributed by atoms with Crippen molar-refractivity contribution in [3.05, 3.63) is 64.3 Å². The van der Waals surface area contributed by atoms with Gasteiger partial charge in [0.15, 0.2) is 17.5 Å². The lowest BCUT2D eigenvalue weighted by Crippen LogP contribution is -2.20. The van der Waals surface area contributed by atoms with Gasteiger partial charge in [-0.05, 0) is 55.0 Å². The largest absolute Gasteiger partial charge is 0.443 e. The van der Waals surface area contributed by atoms with Crippen molar-refractivity contribution in [2.24, 2.45) is 5.73 Å². The Morgan fingerprint density at radius 3 is 2.59 bits per heavy atom. The topological polar surface area (TPSA) is 74.1 Å². The van der Waals surface area contributed by atoms with E-state index in [4.69, 9.17) is 10.2 Å². The van der Waals surface area contributed by atoms with Crippen LogP contribution < -0.4 is 11.3 Å². The standard InChI is InChI=1S/C22H21N3O2/c1-12-17(15-5-3-14(4-6-15)13(2)23)9-10-18-20(12)25(16-7-8-16)22(26)19-21(18)27-11-24-19/h3-6,9-11,13,16H,7-8,23H2,1-2H3. The van der Waals surface area contributed by atoms with Gasteiger partial charge in [0.1, 0.15) is 0 Å². The number of hydrogen-bond acceptors (Lipinski definition) is 4. The summed E-state index contributed by atoms with van der Waals surface area (Å²) in [5.74, 6) is 0. The van der Waals surface area contributed by atoms with Crippen molar-refractivity contribution in [1.82, 2.24) is 9.55 Å². The first-order valence-corrected chi connectivity index (χ1v) is 9.33. The van der Waals surface area contributed by atoms with Gasteiger partial charge in [0, 0.05) is 17.5 Å². The molecular formula is C22H21N3O2. The zero-order valence-electron chi connectivity index (χ0n) is 15.4. The van der Waals surface area contributed by atoms with Crippen molar-refractivity contribution in [2.75, 3.05) is 0 Å². The van der Waals surface area contributed by atoms with Gasteiger partial charge in [-0.1, -0.05) is 30.3 Å². The zero-order chi connectivity index (χ0) is 18.7. The summed E-state index contributed by atoms with van der Waals surface area (Å²) >= 11 is 0. The van der Waals surface area contributed by atoms with Crippen LogP contribution in [0.2, 0.25) is 0 Å². The molecule has 0 spiro atoms. The molecule has 0 radical (unpaired) electrons. The summed E-state index contributed by atoms with van der Waals surface area (Å²) in [6.07, 6.45) is 3.43. The van der Waals surface area contributed by atoms with E-state index in [-0.39, 0.29) is 17.6 Å². The predicted molar refractivity (Wildman–Crippen MR) is 107 cm³/mol. The van der Waals surface area contributed by atoms with Gasteiger partial charge in [-0.15, -0.1) is 0 Å². The van der Waals surface area contributed by atoms with Crippen LogP contribution in [-0.2, 0) is 0 Å². The number of oxazole rings is 1. The summed E-state index contributed by atoms with van der Waals surface area (Å²) < 4.78 is 7.50. The molecule has 2 N–H and O–H groups in total. The molecule has 5 rings (SSSR count). The second kappa shape index (κ2) is 5.79. The molecule has 1 unspecified atom stereocenters. The summed E-state index contributed by atoms with van der Waals surface area (Å²) in [7, 11) is 0. The van der Waals surface area contributed by atoms with Crippen LogP contribution in [0.15, 0.2) is 52.0 Å². The third-order valence-electron chi connectivity index (χ3n) is 5.56. The van der Waals surface area contributed by atoms with Gasteiger partial charge in [0.25, 0.3) is 5.56 Å². The lowest BCUT2D eigenvalue weighted by atomic mass is 9.95. The molecule has 0 aliphatic heterocycles. The van der Waals surface area contributed by atoms with E-state index in [2.05, 4.69) is 42.2 Å². The van der Waals surface area contributed by atoms with Gasteiger partial charge in [0.2, 0.25) is 0 Å². The van der Waals surface area contributed by atoms with Crippen molar-refractivity contribution >= 4 is 22.0 Å². The molecule has 0 saturated heterocycles. The summed E-state index contributed by atoms with van der Waals surface area (Å²) in [6, 6.07) is 12.7. The number of fused-ring (bicyclic) bond motifs is 3. The molecule has 4 aromatic rings. The molecule has 1 saturated carbocycles. The highest BCUT2D eigenvalue weighted by Crippen LogP contribution is 2.40. The summed E-state index contributed by atoms with van der Waals surface area (Å²) in [4.78, 5) is 17.2. The summed E-state index contributed by atoms with van der Waals surface area (Å²) in [5.41, 5.74) is 12.3. The first kappa shape index (κ1) is 16.3. The number of pyridine rings is 1. The first-order chi connectivity index (χ1) is 13.1. The van der Waals surface area contributed by atoms with E-state index >= 15 is 0 Å². The lowest BCUT2D eigenvalue weighted by molar-refractivity contribution is 0.604. The van der Waals surface area contributed by atoms with E-state index in [1.54, 1.807) is 0 Å². The minimum Gasteiger partial charge on any atom is -0.443 e. The average Bonchev–Trinajstić information content (AvgIpc) is 3.37. The minimum absolute atomic E-state index is 0.0107. The highest BCUT2D eigenvalue weighted by molar-refractivity contribution is 6.04. The SMILES string of the molecule is Cc1c(-c2ccc(C(C)N)cc2)ccc2c3ocnc3c(=O)n(C3CC3)c12. The molecule has 136 valence electrons. The van der Waals surface area contributed by atoms with E-state index < -0.39 is 0 Å². The molecule has 1 aliphatic carbocycles. The third kappa shape index (κ3) is 2.42. The fourth-order valence-corrected chi connectivity index (χ4v) is 3.96. The number of hydrogen-bond donors (Lipinski definition) is 1. The Hall–Kier alpha value is -2.92. The van der Waals surface area contributed by atoms with E-state index in [0.717, 1.165) is 46.0 Å². The van der Waals surface area contributed by atoms with Crippen molar-refractivity contribution < 1.29 is 4.42 Å². The Balaban J connectivity index is 1.81. The van der Waals surface area contributed by atoms with Crippen LogP contribution in [0.25, 0.3) is 33.1 Å². The highest BCUT2D eigenvalue weighted by atomic mass is 16.3. The Morgan fingerprint density at radius 1 is 1.19 bits per heavy atom. The molecule has 1 fully saturated rings. The normalized spacial score (nSPS) is 15.5. The van der Waals surface area contributed by atoms with Crippen molar-refractivity contribution in [3.8, 4) is 11.1 Å². The monoisotopic (exact) mass is 359 g/mol. The van der Waals surface area contributed by atoms with Crippen LogP contribution in [0.5, 0.6) is 0 Å². The third-order valence-corrected chi connectivity index (χ3v) is 5.56. The van der Waals surface area contributed by atoms with E-state index in [1.807, 2.05) is 17.6 Å². The van der Waals surface area contributed by atoms with Crippen molar-refractivity contribution in [2.45, 2.75) is 38.8 Å². The van der Waals surface area contributed by atoms with Gasteiger partial charge in [-0.25, -0.2) is 4.98 Å². The van der Waals surface area contributed by atoms with Crippen LogP contribution in [-0.4, -0.2) is 9.55 Å². The van der Waals surface area contributed by atoms with Crippen molar-refractivity contribution in [1.29, 1.82) is 0 Å². The summed E-state index contributed by atoms with van der Waals surface area (Å²) in [5, 5.41) is 0.947. The van der Waals surface area contributed by atoms with E-state index in [9.17, 15) is 4.79 Å². The molecule has 0 bridgehead atoms. The highest BCUT2D eigenvalue weighted by Gasteiger charge is 2.29. The Bertz CT molecular complexity index is 1230. The number of aromatic nitrogens is 2. The minimum atomic E-state index is -0.0543. The van der Waals surface area contributed by atoms with E-state index in [1.165, 1.54) is 6.39 Å². The van der Waals surface area contributed by atoms with Crippen LogP contribution in [0, 0.1) is 6.92 Å². The molecule has 27 heavy (non-hydrogen) atoms. The summed E-state index contributed by atoms with van der Waals surface area (Å²) in [6.45, 7) is 4.06. The van der Waals surface area contributed by atoms with Crippen LogP contribution in [0.3, 0.4) is 0 Å². The van der Waals surface area contributed by atoms with E-state index in [0.29, 0.717) is 11.1 Å². The number of aryl methyl sites for hydroxylation is 1. The molecule has 2 heterocycles. The van der Waals surface area contributed by atoms with Crippen LogP contribution in [0.4, 0.5) is 0 Å². The second-order valence-electron chi connectivity index (χ2n) is 7.48. The molecular weight excluding hydrogens is 338 g/mol. The number of nitrogens with two attached hydrogens (primary N) is 1. The first-order valence-electron chi connectivity index (χ1n) is 9.33. The van der Waals surface area contributed by atoms with Gasteiger partial charge >= 0.3 is 0 Å². The molecule has 5 heteroatoms. The molecule has 1 atom stereocenters. The molecule has 0 amide bonds. The number of benzene rings is 2. The van der Waals surface area contributed by atoms with Gasteiger partial charge in [0.05, 0.1) is 5.52 Å². The second-order valence-corrected chi connectivity index (χ2v) is 7.48. The molecule has 2 aromatic carbocycles. The molecule has 1 aliphatic rings. The van der Waals surface area contributed by atoms with Gasteiger partial charge in [-0.2, -0.15) is 0 Å². The Morgan fingerprint density at radius 2 is 1.93 bits per heavy atom. The lowest BCUT2D eigenvalue weighted by Gasteiger charge is -2.16. The maximum absolute atomic E-state index is 13.0. The van der Waals surface area contributed by atoms with Gasteiger partial charge < -0.3 is 14.7 Å². The molecule has 2 aromatic heterocycles. The molecule has 5 nitrogen and oxygen atoms in total. The fraction of sp³-hybridized carbons (Fsp3) is 0.273. The van der Waals surface area contributed by atoms with Crippen LogP contribution in [0.1, 0.15) is 43.0 Å². The maximum Gasteiger partial charge on any atom is 0.281 e. The quantitative estimate of drug-likeness (QED) is 0.585. The Kier molecular flexibility index (Phi) is 3.49. The Labute approximate surface area is 156 Å². The maximum atomic E-state index is 13.0. The fourth-order valence-electron chi connectivity index (χ4n) is 3.96.